The summed E-state index contributed by atoms with van der Waals surface area (Å²) in [4.78, 5) is 0. The Morgan fingerprint density at radius 3 is 2.95 bits per heavy atom. The van der Waals surface area contributed by atoms with Crippen molar-refractivity contribution in [1.29, 1.82) is 5.26 Å². The van der Waals surface area contributed by atoms with Crippen molar-refractivity contribution >= 4 is 17.3 Å². The van der Waals surface area contributed by atoms with Gasteiger partial charge in [0.15, 0.2) is 0 Å². The first-order valence-electron chi connectivity index (χ1n) is 7.12. The van der Waals surface area contributed by atoms with Gasteiger partial charge in [0, 0.05) is 12.2 Å². The minimum Gasteiger partial charge on any atom is -0.385 e. The molecule has 2 nitrogen and oxygen atoms in total. The molecule has 2 unspecified atom stereocenters. The van der Waals surface area contributed by atoms with Crippen LogP contribution in [0.25, 0.3) is 0 Å². The lowest BCUT2D eigenvalue weighted by Crippen LogP contribution is -2.16. The van der Waals surface area contributed by atoms with Gasteiger partial charge in [-0.15, -0.1) is 0 Å². The molecule has 0 radical (unpaired) electrons. The number of benzene rings is 1. The lowest BCUT2D eigenvalue weighted by Gasteiger charge is -2.26. The van der Waals surface area contributed by atoms with Crippen LogP contribution < -0.4 is 5.32 Å². The summed E-state index contributed by atoms with van der Waals surface area (Å²) in [6, 6.07) is 7.61. The van der Waals surface area contributed by atoms with Gasteiger partial charge in [-0.1, -0.05) is 37.8 Å². The monoisotopic (exact) mass is 276 g/mol. The maximum absolute atomic E-state index is 8.83. The van der Waals surface area contributed by atoms with Crippen LogP contribution in [0.4, 0.5) is 5.69 Å². The molecule has 2 atom stereocenters. The minimum absolute atomic E-state index is 0.527. The average molecular weight is 277 g/mol. The Bertz CT molecular complexity index is 464. The summed E-state index contributed by atoms with van der Waals surface area (Å²) < 4.78 is 0. The third kappa shape index (κ3) is 4.14. The molecule has 1 saturated carbocycles. The van der Waals surface area contributed by atoms with Gasteiger partial charge in [0.25, 0.3) is 0 Å². The van der Waals surface area contributed by atoms with Crippen LogP contribution in [0.3, 0.4) is 0 Å². The van der Waals surface area contributed by atoms with E-state index < -0.39 is 0 Å². The summed E-state index contributed by atoms with van der Waals surface area (Å²) in [5.74, 6) is 1.76. The van der Waals surface area contributed by atoms with Gasteiger partial charge in [-0.25, -0.2) is 0 Å². The molecule has 19 heavy (non-hydrogen) atoms. The van der Waals surface area contributed by atoms with Crippen LogP contribution in [0.2, 0.25) is 5.02 Å². The first kappa shape index (κ1) is 14.2. The highest BCUT2D eigenvalue weighted by atomic mass is 35.5. The van der Waals surface area contributed by atoms with E-state index in [2.05, 4.69) is 18.3 Å². The molecule has 1 N–H and O–H groups in total. The maximum Gasteiger partial charge on any atom is 0.101 e. The van der Waals surface area contributed by atoms with E-state index >= 15 is 0 Å². The molecule has 0 spiro atoms. The Kier molecular flexibility index (Phi) is 5.10. The van der Waals surface area contributed by atoms with Gasteiger partial charge in [-0.05, 0) is 42.9 Å². The fraction of sp³-hybridized carbons (Fsp3) is 0.562. The van der Waals surface area contributed by atoms with E-state index in [1.54, 1.807) is 6.07 Å². The molecule has 0 aliphatic heterocycles. The Hall–Kier alpha value is -1.20. The lowest BCUT2D eigenvalue weighted by atomic mass is 9.81. The molecule has 1 aromatic carbocycles. The number of rotatable bonds is 4. The molecule has 0 amide bonds. The first-order chi connectivity index (χ1) is 9.19. The van der Waals surface area contributed by atoms with E-state index in [-0.39, 0.29) is 0 Å². The number of hydrogen-bond acceptors (Lipinski definition) is 2. The van der Waals surface area contributed by atoms with Crippen molar-refractivity contribution in [2.75, 3.05) is 11.9 Å². The van der Waals surface area contributed by atoms with Gasteiger partial charge in [-0.3, -0.25) is 0 Å². The van der Waals surface area contributed by atoms with Crippen LogP contribution in [0.15, 0.2) is 18.2 Å². The zero-order valence-corrected chi connectivity index (χ0v) is 12.2. The average Bonchev–Trinajstić information content (AvgIpc) is 2.39. The van der Waals surface area contributed by atoms with Crippen LogP contribution in [-0.2, 0) is 0 Å². The van der Waals surface area contributed by atoms with Crippen molar-refractivity contribution < 1.29 is 0 Å². The van der Waals surface area contributed by atoms with Gasteiger partial charge >= 0.3 is 0 Å². The molecule has 0 heterocycles. The molecule has 0 aromatic heterocycles. The molecule has 1 aliphatic rings. The van der Waals surface area contributed by atoms with E-state index in [9.17, 15) is 0 Å². The van der Waals surface area contributed by atoms with Gasteiger partial charge < -0.3 is 5.32 Å². The topological polar surface area (TPSA) is 35.8 Å². The van der Waals surface area contributed by atoms with Crippen molar-refractivity contribution in [2.24, 2.45) is 11.8 Å². The molecule has 1 aliphatic carbocycles. The summed E-state index contributed by atoms with van der Waals surface area (Å²) in [6.07, 6.45) is 6.75. The molecule has 1 aromatic rings. The van der Waals surface area contributed by atoms with Gasteiger partial charge in [0.1, 0.15) is 6.07 Å². The van der Waals surface area contributed by atoms with Crippen LogP contribution >= 0.6 is 11.6 Å². The predicted molar refractivity (Wildman–Crippen MR) is 80.4 cm³/mol. The number of anilines is 1. The summed E-state index contributed by atoms with van der Waals surface area (Å²) in [6.45, 7) is 3.35. The van der Waals surface area contributed by atoms with Crippen LogP contribution in [-0.4, -0.2) is 6.54 Å². The highest BCUT2D eigenvalue weighted by Crippen LogP contribution is 2.30. The van der Waals surface area contributed by atoms with Gasteiger partial charge in [-0.2, -0.15) is 5.26 Å². The second-order valence-electron chi connectivity index (χ2n) is 5.66. The third-order valence-electron chi connectivity index (χ3n) is 4.02. The van der Waals surface area contributed by atoms with Crippen LogP contribution in [0, 0.1) is 23.2 Å². The van der Waals surface area contributed by atoms with E-state index in [4.69, 9.17) is 16.9 Å². The molecule has 3 heteroatoms. The SMILES string of the molecule is CC1CCCC(CCNc2ccc(C#N)c(Cl)c2)C1. The molecule has 0 saturated heterocycles. The molecule has 0 bridgehead atoms. The zero-order valence-electron chi connectivity index (χ0n) is 11.5. The van der Waals surface area contributed by atoms with Crippen molar-refractivity contribution in [1.82, 2.24) is 0 Å². The molecule has 102 valence electrons. The third-order valence-corrected chi connectivity index (χ3v) is 4.33. The number of halogens is 1. The molecular weight excluding hydrogens is 256 g/mol. The van der Waals surface area contributed by atoms with Crippen molar-refractivity contribution in [3.8, 4) is 6.07 Å². The number of nitrogens with one attached hydrogen (secondary N) is 1. The second-order valence-corrected chi connectivity index (χ2v) is 6.07. The zero-order chi connectivity index (χ0) is 13.7. The number of nitrogens with zero attached hydrogens (tertiary/aromatic N) is 1. The Balaban J connectivity index is 1.79. The normalized spacial score (nSPS) is 22.8. The first-order valence-corrected chi connectivity index (χ1v) is 7.50. The molecule has 1 fully saturated rings. The predicted octanol–water partition coefficient (Wildman–Crippen LogP) is 4.84. The van der Waals surface area contributed by atoms with E-state index in [1.165, 1.54) is 32.1 Å². The van der Waals surface area contributed by atoms with E-state index in [0.29, 0.717) is 10.6 Å². The minimum atomic E-state index is 0.527. The fourth-order valence-corrected chi connectivity index (χ4v) is 3.18. The van der Waals surface area contributed by atoms with Crippen LogP contribution in [0.5, 0.6) is 0 Å². The van der Waals surface area contributed by atoms with Crippen LogP contribution in [0.1, 0.15) is 44.6 Å². The lowest BCUT2D eigenvalue weighted by molar-refractivity contribution is 0.274. The fourth-order valence-electron chi connectivity index (χ4n) is 2.96. The van der Waals surface area contributed by atoms with Crippen molar-refractivity contribution in [3.05, 3.63) is 28.8 Å². The highest BCUT2D eigenvalue weighted by molar-refractivity contribution is 6.32. The van der Waals surface area contributed by atoms with Crippen molar-refractivity contribution in [2.45, 2.75) is 39.0 Å². The number of hydrogen-bond donors (Lipinski definition) is 1. The number of nitriles is 1. The van der Waals surface area contributed by atoms with Gasteiger partial charge in [0.2, 0.25) is 0 Å². The quantitative estimate of drug-likeness (QED) is 0.854. The largest absolute Gasteiger partial charge is 0.385 e. The maximum atomic E-state index is 8.83. The van der Waals surface area contributed by atoms with Crippen molar-refractivity contribution in [3.63, 3.8) is 0 Å². The van der Waals surface area contributed by atoms with E-state index in [1.807, 2.05) is 12.1 Å². The molecule has 2 rings (SSSR count). The van der Waals surface area contributed by atoms with E-state index in [0.717, 1.165) is 24.1 Å². The molecular formula is C16H21ClN2. The summed E-state index contributed by atoms with van der Waals surface area (Å²) in [7, 11) is 0. The van der Waals surface area contributed by atoms with Gasteiger partial charge in [0.05, 0.1) is 10.6 Å². The highest BCUT2D eigenvalue weighted by Gasteiger charge is 2.18. The Morgan fingerprint density at radius 1 is 1.42 bits per heavy atom. The Morgan fingerprint density at radius 2 is 2.26 bits per heavy atom. The summed E-state index contributed by atoms with van der Waals surface area (Å²) in [5.41, 5.74) is 1.54. The second kappa shape index (κ2) is 6.82. The standard InChI is InChI=1S/C16H21ClN2/c1-12-3-2-4-13(9-12)7-8-19-15-6-5-14(11-18)16(17)10-15/h5-6,10,12-13,19H,2-4,7-9H2,1H3. The Labute approximate surface area is 120 Å². The smallest absolute Gasteiger partial charge is 0.101 e. The summed E-state index contributed by atoms with van der Waals surface area (Å²) >= 11 is 6.01. The summed E-state index contributed by atoms with van der Waals surface area (Å²) in [5, 5.41) is 12.8.